The lowest BCUT2D eigenvalue weighted by Crippen LogP contribution is -2.38. The van der Waals surface area contributed by atoms with Crippen LogP contribution < -0.4 is 20.2 Å². The van der Waals surface area contributed by atoms with Gasteiger partial charge < -0.3 is 19.2 Å². The first-order valence-corrected chi connectivity index (χ1v) is 7.92. The van der Waals surface area contributed by atoms with E-state index in [2.05, 4.69) is 15.8 Å². The van der Waals surface area contributed by atoms with Crippen molar-refractivity contribution in [1.82, 2.24) is 10.7 Å². The minimum atomic E-state index is -0.850. The molecule has 0 atom stereocenters. The molecule has 0 aliphatic carbocycles. The fourth-order valence-electron chi connectivity index (χ4n) is 2.16. The van der Waals surface area contributed by atoms with Gasteiger partial charge in [-0.05, 0) is 43.2 Å². The van der Waals surface area contributed by atoms with Gasteiger partial charge in [-0.3, -0.25) is 9.59 Å². The van der Waals surface area contributed by atoms with Crippen molar-refractivity contribution >= 4 is 18.0 Å². The molecule has 0 aliphatic rings. The van der Waals surface area contributed by atoms with Crippen LogP contribution in [0.25, 0.3) is 0 Å². The predicted octanol–water partition coefficient (Wildman–Crippen LogP) is 1.41. The van der Waals surface area contributed by atoms with Gasteiger partial charge in [0.25, 0.3) is 0 Å². The molecule has 0 spiro atoms. The van der Waals surface area contributed by atoms with Crippen LogP contribution in [-0.2, 0) is 16.0 Å². The van der Waals surface area contributed by atoms with E-state index in [0.717, 1.165) is 11.3 Å². The highest BCUT2D eigenvalue weighted by Crippen LogP contribution is 2.27. The summed E-state index contributed by atoms with van der Waals surface area (Å²) in [5.74, 6) is 0.832. The topological polar surface area (TPSA) is 102 Å². The molecule has 26 heavy (non-hydrogen) atoms. The number of aryl methyl sites for hydroxylation is 1. The van der Waals surface area contributed by atoms with Crippen LogP contribution in [0.5, 0.6) is 11.5 Å². The maximum atomic E-state index is 11.7. The Morgan fingerprint density at radius 3 is 2.54 bits per heavy atom. The number of furan rings is 1. The van der Waals surface area contributed by atoms with Crippen molar-refractivity contribution in [1.29, 1.82) is 0 Å². The third-order valence-electron chi connectivity index (χ3n) is 3.47. The number of methoxy groups -OCH3 is 2. The van der Waals surface area contributed by atoms with Crippen molar-refractivity contribution in [2.24, 2.45) is 5.10 Å². The molecule has 0 saturated carbocycles. The molecule has 2 aromatic rings. The molecule has 2 amide bonds. The van der Waals surface area contributed by atoms with Gasteiger partial charge >= 0.3 is 11.8 Å². The number of nitrogens with one attached hydrogen (secondary N) is 2. The molecule has 0 unspecified atom stereocenters. The van der Waals surface area contributed by atoms with Crippen molar-refractivity contribution < 1.29 is 23.5 Å². The van der Waals surface area contributed by atoms with Gasteiger partial charge in [-0.2, -0.15) is 5.10 Å². The van der Waals surface area contributed by atoms with E-state index < -0.39 is 11.8 Å². The Bertz CT molecular complexity index is 798. The van der Waals surface area contributed by atoms with Crippen LogP contribution >= 0.6 is 0 Å². The molecule has 2 rings (SSSR count). The van der Waals surface area contributed by atoms with Crippen LogP contribution in [0.3, 0.4) is 0 Å². The Morgan fingerprint density at radius 2 is 1.88 bits per heavy atom. The molecule has 0 fully saturated rings. The van der Waals surface area contributed by atoms with Crippen molar-refractivity contribution in [2.45, 2.75) is 13.3 Å². The van der Waals surface area contributed by atoms with E-state index in [1.165, 1.54) is 6.21 Å². The first-order valence-electron chi connectivity index (χ1n) is 7.92. The van der Waals surface area contributed by atoms with Crippen LogP contribution in [0, 0.1) is 6.92 Å². The molecule has 2 N–H and O–H groups in total. The zero-order valence-corrected chi connectivity index (χ0v) is 14.9. The van der Waals surface area contributed by atoms with E-state index in [1.54, 1.807) is 39.3 Å². The number of ether oxygens (including phenoxy) is 2. The summed E-state index contributed by atoms with van der Waals surface area (Å²) >= 11 is 0. The molecule has 1 aromatic carbocycles. The monoisotopic (exact) mass is 359 g/mol. The van der Waals surface area contributed by atoms with E-state index in [0.29, 0.717) is 30.2 Å². The van der Waals surface area contributed by atoms with Crippen LogP contribution in [0.4, 0.5) is 0 Å². The molecule has 0 saturated heterocycles. The highest BCUT2D eigenvalue weighted by atomic mass is 16.5. The summed E-state index contributed by atoms with van der Waals surface area (Å²) in [6, 6.07) is 8.94. The maximum absolute atomic E-state index is 11.7. The summed E-state index contributed by atoms with van der Waals surface area (Å²) in [5.41, 5.74) is 3.08. The minimum absolute atomic E-state index is 0.294. The van der Waals surface area contributed by atoms with Crippen LogP contribution in [0.1, 0.15) is 17.1 Å². The van der Waals surface area contributed by atoms with Gasteiger partial charge in [0, 0.05) is 6.54 Å². The van der Waals surface area contributed by atoms with Gasteiger partial charge in [0.15, 0.2) is 11.5 Å². The number of nitrogens with zero attached hydrogens (tertiary/aromatic N) is 1. The summed E-state index contributed by atoms with van der Waals surface area (Å²) < 4.78 is 15.6. The fraction of sp³-hybridized carbons (Fsp3) is 0.278. The molecule has 8 heteroatoms. The zero-order chi connectivity index (χ0) is 18.9. The second-order valence-electron chi connectivity index (χ2n) is 5.34. The third kappa shape index (κ3) is 5.37. The average Bonchev–Trinajstić information content (AvgIpc) is 3.06. The van der Waals surface area contributed by atoms with E-state index in [-0.39, 0.29) is 0 Å². The molecular weight excluding hydrogens is 338 g/mol. The van der Waals surface area contributed by atoms with Gasteiger partial charge in [0.05, 0.1) is 20.4 Å². The fourth-order valence-corrected chi connectivity index (χ4v) is 2.16. The maximum Gasteiger partial charge on any atom is 0.329 e. The second kappa shape index (κ2) is 9.26. The molecule has 138 valence electrons. The van der Waals surface area contributed by atoms with Crippen molar-refractivity contribution in [3.63, 3.8) is 0 Å². The highest BCUT2D eigenvalue weighted by Gasteiger charge is 2.12. The van der Waals surface area contributed by atoms with Gasteiger partial charge in [-0.25, -0.2) is 5.43 Å². The molecule has 0 aliphatic heterocycles. The van der Waals surface area contributed by atoms with Crippen molar-refractivity contribution in [2.75, 3.05) is 20.8 Å². The van der Waals surface area contributed by atoms with Crippen LogP contribution in [0.2, 0.25) is 0 Å². The molecule has 0 bridgehead atoms. The Labute approximate surface area is 151 Å². The summed E-state index contributed by atoms with van der Waals surface area (Å²) in [6.45, 7) is 2.09. The first-order chi connectivity index (χ1) is 12.5. The summed E-state index contributed by atoms with van der Waals surface area (Å²) in [6.07, 6.45) is 1.86. The van der Waals surface area contributed by atoms with Crippen LogP contribution in [-0.4, -0.2) is 38.8 Å². The summed E-state index contributed by atoms with van der Waals surface area (Å²) in [5, 5.41) is 6.20. The van der Waals surface area contributed by atoms with Gasteiger partial charge in [0.1, 0.15) is 11.5 Å². The lowest BCUT2D eigenvalue weighted by Gasteiger charge is -2.09. The normalized spacial score (nSPS) is 10.6. The SMILES string of the molecule is COc1ccc(CCNC(=O)C(=O)N/N=C\c2ccc(C)o2)cc1OC. The lowest BCUT2D eigenvalue weighted by molar-refractivity contribution is -0.139. The molecule has 1 heterocycles. The Kier molecular flexibility index (Phi) is 6.78. The predicted molar refractivity (Wildman–Crippen MR) is 95.4 cm³/mol. The largest absolute Gasteiger partial charge is 0.493 e. The first kappa shape index (κ1) is 19.0. The number of hydrogen-bond donors (Lipinski definition) is 2. The van der Waals surface area contributed by atoms with E-state index >= 15 is 0 Å². The Balaban J connectivity index is 1.77. The quantitative estimate of drug-likeness (QED) is 0.442. The standard InChI is InChI=1S/C18H21N3O5/c1-12-4-6-14(26-12)11-20-21-18(23)17(22)19-9-8-13-5-7-15(24-2)16(10-13)25-3/h4-7,10-11H,8-9H2,1-3H3,(H,19,22)(H,21,23)/b20-11-. The number of amides is 2. The van der Waals surface area contributed by atoms with E-state index in [1.807, 2.05) is 12.1 Å². The number of carbonyl (C=O) groups excluding carboxylic acids is 2. The molecule has 1 aromatic heterocycles. The minimum Gasteiger partial charge on any atom is -0.493 e. The average molecular weight is 359 g/mol. The summed E-state index contributed by atoms with van der Waals surface area (Å²) in [7, 11) is 3.12. The van der Waals surface area contributed by atoms with E-state index in [9.17, 15) is 9.59 Å². The molecule has 0 radical (unpaired) electrons. The number of carbonyl (C=O) groups is 2. The van der Waals surface area contributed by atoms with Gasteiger partial charge in [-0.15, -0.1) is 0 Å². The molecule has 8 nitrogen and oxygen atoms in total. The van der Waals surface area contributed by atoms with Crippen molar-refractivity contribution in [3.8, 4) is 11.5 Å². The second-order valence-corrected chi connectivity index (χ2v) is 5.34. The smallest absolute Gasteiger partial charge is 0.329 e. The number of hydrogen-bond acceptors (Lipinski definition) is 6. The lowest BCUT2D eigenvalue weighted by atomic mass is 10.1. The third-order valence-corrected chi connectivity index (χ3v) is 3.47. The van der Waals surface area contributed by atoms with Crippen molar-refractivity contribution in [3.05, 3.63) is 47.4 Å². The summed E-state index contributed by atoms with van der Waals surface area (Å²) in [4.78, 5) is 23.4. The zero-order valence-electron chi connectivity index (χ0n) is 14.9. The number of hydrazone groups is 1. The Hall–Kier alpha value is -3.29. The van der Waals surface area contributed by atoms with Gasteiger partial charge in [0.2, 0.25) is 0 Å². The van der Waals surface area contributed by atoms with Gasteiger partial charge in [-0.1, -0.05) is 6.07 Å². The number of benzene rings is 1. The highest BCUT2D eigenvalue weighted by molar-refractivity contribution is 6.35. The van der Waals surface area contributed by atoms with E-state index in [4.69, 9.17) is 13.9 Å². The van der Waals surface area contributed by atoms with Crippen LogP contribution in [0.15, 0.2) is 39.9 Å². The Morgan fingerprint density at radius 1 is 1.12 bits per heavy atom. The number of rotatable bonds is 7. The molecular formula is C18H21N3O5.